The van der Waals surface area contributed by atoms with Crippen molar-refractivity contribution in [2.24, 2.45) is 0 Å². The Morgan fingerprint density at radius 2 is 2.00 bits per heavy atom. The quantitative estimate of drug-likeness (QED) is 0.496. The predicted molar refractivity (Wildman–Crippen MR) is 107 cm³/mol. The van der Waals surface area contributed by atoms with Gasteiger partial charge in [-0.05, 0) is 35.9 Å². The molecule has 0 fully saturated rings. The Hall–Kier alpha value is -4.00. The van der Waals surface area contributed by atoms with Gasteiger partial charge < -0.3 is 15.1 Å². The first-order chi connectivity index (χ1) is 13.7. The zero-order chi connectivity index (χ0) is 19.3. The lowest BCUT2D eigenvalue weighted by molar-refractivity contribution is -0.111. The van der Waals surface area contributed by atoms with E-state index < -0.39 is 0 Å². The topological polar surface area (TPSA) is 92.9 Å². The number of anilines is 3. The number of hydrogen-bond donors (Lipinski definition) is 2. The Labute approximate surface area is 161 Å². The Balaban J connectivity index is 1.54. The van der Waals surface area contributed by atoms with E-state index in [1.54, 1.807) is 18.5 Å². The molecule has 0 radical (unpaired) electrons. The van der Waals surface area contributed by atoms with Gasteiger partial charge >= 0.3 is 0 Å². The lowest BCUT2D eigenvalue weighted by Crippen LogP contribution is -2.08. The van der Waals surface area contributed by atoms with E-state index in [2.05, 4.69) is 32.2 Å². The second kappa shape index (κ2) is 7.71. The molecule has 4 rings (SSSR count). The summed E-state index contributed by atoms with van der Waals surface area (Å²) < 4.78 is 5.38. The Kier molecular flexibility index (Phi) is 4.79. The maximum atomic E-state index is 11.4. The van der Waals surface area contributed by atoms with Crippen molar-refractivity contribution in [1.82, 2.24) is 15.0 Å². The van der Waals surface area contributed by atoms with Crippen molar-refractivity contribution in [3.63, 3.8) is 0 Å². The average Bonchev–Trinajstić information content (AvgIpc) is 3.22. The van der Waals surface area contributed by atoms with Gasteiger partial charge in [0.25, 0.3) is 0 Å². The minimum absolute atomic E-state index is 0.325. The molecule has 0 bridgehead atoms. The first kappa shape index (κ1) is 17.4. The molecule has 0 aliphatic rings. The number of nitrogens with one attached hydrogen (secondary N) is 2. The molecule has 0 saturated heterocycles. The van der Waals surface area contributed by atoms with E-state index in [0.29, 0.717) is 17.2 Å². The maximum absolute atomic E-state index is 11.4. The van der Waals surface area contributed by atoms with Gasteiger partial charge in [0.05, 0.1) is 17.2 Å². The molecule has 3 heterocycles. The van der Waals surface area contributed by atoms with Gasteiger partial charge in [0.15, 0.2) is 0 Å². The lowest BCUT2D eigenvalue weighted by atomic mass is 10.1. The van der Waals surface area contributed by atoms with Gasteiger partial charge in [-0.25, -0.2) is 15.0 Å². The Morgan fingerprint density at radius 1 is 1.14 bits per heavy atom. The molecule has 3 aromatic heterocycles. The molecule has 7 nitrogen and oxygen atoms in total. The van der Waals surface area contributed by atoms with Crippen molar-refractivity contribution in [1.29, 1.82) is 0 Å². The first-order valence-corrected chi connectivity index (χ1v) is 8.64. The van der Waals surface area contributed by atoms with Crippen molar-refractivity contribution < 1.29 is 9.21 Å². The van der Waals surface area contributed by atoms with Crippen molar-refractivity contribution in [2.45, 2.75) is 6.42 Å². The molecule has 0 aliphatic heterocycles. The molecule has 1 aromatic carbocycles. The summed E-state index contributed by atoms with van der Waals surface area (Å²) in [5.74, 6) is 1.64. The third kappa shape index (κ3) is 3.88. The van der Waals surface area contributed by atoms with Crippen LogP contribution in [0.3, 0.4) is 0 Å². The SMILES string of the molecule is C=CC(=O)Nc1cc2ncnc(Nc3ccc(Cc4ccco4)cc3)c2cn1. The van der Waals surface area contributed by atoms with Crippen LogP contribution in [0.25, 0.3) is 10.9 Å². The average molecular weight is 371 g/mol. The summed E-state index contributed by atoms with van der Waals surface area (Å²) in [7, 11) is 0. The van der Waals surface area contributed by atoms with E-state index in [0.717, 1.165) is 28.8 Å². The van der Waals surface area contributed by atoms with Crippen LogP contribution in [0.2, 0.25) is 0 Å². The summed E-state index contributed by atoms with van der Waals surface area (Å²) in [4.78, 5) is 24.2. The van der Waals surface area contributed by atoms with Gasteiger partial charge in [0.2, 0.25) is 5.91 Å². The maximum Gasteiger partial charge on any atom is 0.248 e. The molecule has 28 heavy (non-hydrogen) atoms. The fourth-order valence-corrected chi connectivity index (χ4v) is 2.75. The highest BCUT2D eigenvalue weighted by Gasteiger charge is 2.08. The van der Waals surface area contributed by atoms with E-state index in [4.69, 9.17) is 4.42 Å². The highest BCUT2D eigenvalue weighted by molar-refractivity contribution is 6.00. The third-order valence-electron chi connectivity index (χ3n) is 4.13. The van der Waals surface area contributed by atoms with Crippen LogP contribution >= 0.6 is 0 Å². The number of amides is 1. The van der Waals surface area contributed by atoms with Crippen LogP contribution < -0.4 is 10.6 Å². The van der Waals surface area contributed by atoms with Crippen LogP contribution in [0.5, 0.6) is 0 Å². The second-order valence-corrected chi connectivity index (χ2v) is 6.08. The van der Waals surface area contributed by atoms with Crippen LogP contribution in [0.15, 0.2) is 78.3 Å². The molecule has 0 saturated carbocycles. The summed E-state index contributed by atoms with van der Waals surface area (Å²) in [6.45, 7) is 3.43. The van der Waals surface area contributed by atoms with E-state index in [9.17, 15) is 4.79 Å². The molecular formula is C21H17N5O2. The monoisotopic (exact) mass is 371 g/mol. The number of carbonyl (C=O) groups is 1. The largest absolute Gasteiger partial charge is 0.469 e. The van der Waals surface area contributed by atoms with Crippen LogP contribution in [0.4, 0.5) is 17.3 Å². The van der Waals surface area contributed by atoms with Crippen molar-refractivity contribution in [3.05, 3.63) is 85.2 Å². The highest BCUT2D eigenvalue weighted by Crippen LogP contribution is 2.24. The minimum atomic E-state index is -0.325. The van der Waals surface area contributed by atoms with Crippen LogP contribution in [0.1, 0.15) is 11.3 Å². The molecular weight excluding hydrogens is 354 g/mol. The van der Waals surface area contributed by atoms with E-state index in [1.807, 2.05) is 36.4 Å². The number of pyridine rings is 1. The normalized spacial score (nSPS) is 10.6. The molecule has 2 N–H and O–H groups in total. The number of nitrogens with zero attached hydrogens (tertiary/aromatic N) is 3. The first-order valence-electron chi connectivity index (χ1n) is 8.64. The van der Waals surface area contributed by atoms with Crippen molar-refractivity contribution in [2.75, 3.05) is 10.6 Å². The molecule has 0 spiro atoms. The summed E-state index contributed by atoms with van der Waals surface area (Å²) in [5.41, 5.74) is 2.71. The number of hydrogen-bond acceptors (Lipinski definition) is 6. The number of benzene rings is 1. The lowest BCUT2D eigenvalue weighted by Gasteiger charge is -2.10. The molecule has 0 aliphatic carbocycles. The van der Waals surface area contributed by atoms with E-state index in [-0.39, 0.29) is 5.91 Å². The summed E-state index contributed by atoms with van der Waals surface area (Å²) in [6, 6.07) is 13.6. The van der Waals surface area contributed by atoms with Gasteiger partial charge in [-0.1, -0.05) is 18.7 Å². The molecule has 0 atom stereocenters. The van der Waals surface area contributed by atoms with Crippen LogP contribution in [-0.4, -0.2) is 20.9 Å². The number of aromatic nitrogens is 3. The van der Waals surface area contributed by atoms with Gasteiger partial charge in [-0.2, -0.15) is 0 Å². The summed E-state index contributed by atoms with van der Waals surface area (Å²) in [5, 5.41) is 6.66. The number of carbonyl (C=O) groups excluding carboxylic acids is 1. The fraction of sp³-hybridized carbons (Fsp3) is 0.0476. The number of fused-ring (bicyclic) bond motifs is 1. The molecule has 1 amide bonds. The summed E-state index contributed by atoms with van der Waals surface area (Å²) >= 11 is 0. The standard InChI is InChI=1S/C21H17N5O2/c1-2-20(27)26-19-11-18-17(12-22-19)21(24-13-23-18)25-15-7-5-14(6-8-15)10-16-4-3-9-28-16/h2-9,11-13H,1,10H2,(H,22,26,27)(H,23,24,25). The van der Waals surface area contributed by atoms with E-state index in [1.165, 1.54) is 12.4 Å². The fourth-order valence-electron chi connectivity index (χ4n) is 2.75. The van der Waals surface area contributed by atoms with E-state index >= 15 is 0 Å². The molecule has 4 aromatic rings. The van der Waals surface area contributed by atoms with Gasteiger partial charge in [-0.3, -0.25) is 4.79 Å². The van der Waals surface area contributed by atoms with Gasteiger partial charge in [-0.15, -0.1) is 0 Å². The molecule has 0 unspecified atom stereocenters. The zero-order valence-corrected chi connectivity index (χ0v) is 14.9. The third-order valence-corrected chi connectivity index (χ3v) is 4.13. The van der Waals surface area contributed by atoms with Gasteiger partial charge in [0, 0.05) is 24.4 Å². The van der Waals surface area contributed by atoms with Crippen molar-refractivity contribution >= 4 is 34.1 Å². The molecule has 138 valence electrons. The number of rotatable bonds is 6. The molecule has 7 heteroatoms. The second-order valence-electron chi connectivity index (χ2n) is 6.08. The summed E-state index contributed by atoms with van der Waals surface area (Å²) in [6.07, 6.45) is 6.70. The van der Waals surface area contributed by atoms with Crippen LogP contribution in [-0.2, 0) is 11.2 Å². The zero-order valence-electron chi connectivity index (χ0n) is 14.9. The Morgan fingerprint density at radius 3 is 2.75 bits per heavy atom. The van der Waals surface area contributed by atoms with Gasteiger partial charge in [0.1, 0.15) is 23.7 Å². The highest BCUT2D eigenvalue weighted by atomic mass is 16.3. The predicted octanol–water partition coefficient (Wildman–Crippen LogP) is 4.08. The van der Waals surface area contributed by atoms with Crippen molar-refractivity contribution in [3.8, 4) is 0 Å². The smallest absolute Gasteiger partial charge is 0.248 e. The minimum Gasteiger partial charge on any atom is -0.469 e. The number of furan rings is 1. The Bertz CT molecular complexity index is 1120. The van der Waals surface area contributed by atoms with Crippen LogP contribution in [0, 0.1) is 0 Å².